The van der Waals surface area contributed by atoms with Crippen molar-refractivity contribution in [3.8, 4) is 0 Å². The maximum Gasteiger partial charge on any atom is 0.0659 e. The van der Waals surface area contributed by atoms with Gasteiger partial charge in [-0.25, -0.2) is 0 Å². The van der Waals surface area contributed by atoms with Gasteiger partial charge in [-0.05, 0) is 19.1 Å². The van der Waals surface area contributed by atoms with Crippen LogP contribution in [0.4, 0.5) is 0 Å². The maximum absolute atomic E-state index is 5.27. The lowest BCUT2D eigenvalue weighted by atomic mass is 10.2. The van der Waals surface area contributed by atoms with Gasteiger partial charge >= 0.3 is 0 Å². The molecule has 2 heterocycles. The van der Waals surface area contributed by atoms with Gasteiger partial charge in [-0.2, -0.15) is 16.9 Å². The summed E-state index contributed by atoms with van der Waals surface area (Å²) in [6.07, 6.45) is 1.17. The summed E-state index contributed by atoms with van der Waals surface area (Å²) in [5.41, 5.74) is 1.37. The lowest BCUT2D eigenvalue weighted by molar-refractivity contribution is 0.0392. The van der Waals surface area contributed by atoms with E-state index in [4.69, 9.17) is 4.74 Å². The van der Waals surface area contributed by atoms with Crippen LogP contribution in [0, 0.1) is 0 Å². The van der Waals surface area contributed by atoms with Crippen molar-refractivity contribution in [1.29, 1.82) is 0 Å². The third-order valence-corrected chi connectivity index (χ3v) is 3.66. The molecule has 0 aliphatic carbocycles. The van der Waals surface area contributed by atoms with Crippen molar-refractivity contribution in [2.75, 3.05) is 32.1 Å². The molecule has 0 aromatic carbocycles. The van der Waals surface area contributed by atoms with E-state index in [-0.39, 0.29) is 0 Å². The lowest BCUT2D eigenvalue weighted by Gasteiger charge is -2.25. The van der Waals surface area contributed by atoms with Gasteiger partial charge in [-0.15, -0.1) is 0 Å². The van der Waals surface area contributed by atoms with E-state index in [2.05, 4.69) is 17.0 Å². The SMILES string of the molecule is CC1SCC/C1=N/N1CCOCC1. The second-order valence-corrected chi connectivity index (χ2v) is 4.87. The summed E-state index contributed by atoms with van der Waals surface area (Å²) in [7, 11) is 0. The summed E-state index contributed by atoms with van der Waals surface area (Å²) in [5, 5.41) is 7.45. The summed E-state index contributed by atoms with van der Waals surface area (Å²) < 4.78 is 5.27. The average molecular weight is 200 g/mol. The van der Waals surface area contributed by atoms with Crippen LogP contribution >= 0.6 is 11.8 Å². The molecule has 2 saturated heterocycles. The Balaban J connectivity index is 1.93. The molecule has 2 aliphatic rings. The second-order valence-electron chi connectivity index (χ2n) is 3.42. The van der Waals surface area contributed by atoms with Gasteiger partial charge in [0.05, 0.1) is 32.0 Å². The fourth-order valence-electron chi connectivity index (χ4n) is 1.61. The number of rotatable bonds is 1. The van der Waals surface area contributed by atoms with Crippen molar-refractivity contribution in [2.45, 2.75) is 18.6 Å². The molecule has 13 heavy (non-hydrogen) atoms. The molecule has 3 nitrogen and oxygen atoms in total. The smallest absolute Gasteiger partial charge is 0.0659 e. The van der Waals surface area contributed by atoms with E-state index in [1.807, 2.05) is 11.8 Å². The third-order valence-electron chi connectivity index (χ3n) is 2.45. The van der Waals surface area contributed by atoms with Crippen LogP contribution in [0.15, 0.2) is 5.10 Å². The van der Waals surface area contributed by atoms with Gasteiger partial charge in [-0.1, -0.05) is 0 Å². The van der Waals surface area contributed by atoms with Gasteiger partial charge in [-0.3, -0.25) is 5.01 Å². The quantitative estimate of drug-likeness (QED) is 0.636. The van der Waals surface area contributed by atoms with Crippen molar-refractivity contribution in [1.82, 2.24) is 5.01 Å². The van der Waals surface area contributed by atoms with E-state index in [0.717, 1.165) is 26.3 Å². The highest BCUT2D eigenvalue weighted by Crippen LogP contribution is 2.23. The second kappa shape index (κ2) is 4.33. The Morgan fingerprint density at radius 1 is 1.46 bits per heavy atom. The fourth-order valence-corrected chi connectivity index (χ4v) is 2.64. The zero-order valence-electron chi connectivity index (χ0n) is 8.03. The highest BCUT2D eigenvalue weighted by molar-refractivity contribution is 8.01. The molecule has 0 bridgehead atoms. The topological polar surface area (TPSA) is 24.8 Å². The van der Waals surface area contributed by atoms with Crippen LogP contribution in [-0.4, -0.2) is 48.0 Å². The average Bonchev–Trinajstić information content (AvgIpc) is 2.54. The molecular weight excluding hydrogens is 184 g/mol. The summed E-state index contributed by atoms with van der Waals surface area (Å²) in [6.45, 7) is 5.83. The van der Waals surface area contributed by atoms with Crippen LogP contribution in [-0.2, 0) is 4.74 Å². The normalized spacial score (nSPS) is 32.8. The van der Waals surface area contributed by atoms with E-state index in [9.17, 15) is 0 Å². The summed E-state index contributed by atoms with van der Waals surface area (Å²) in [4.78, 5) is 0. The Bertz CT molecular complexity index is 202. The predicted octanol–water partition coefficient (Wildman–Crippen LogP) is 1.20. The number of hydrazone groups is 1. The molecule has 0 aromatic rings. The Hall–Kier alpha value is -0.220. The number of morpholine rings is 1. The first kappa shape index (κ1) is 9.34. The monoisotopic (exact) mass is 200 g/mol. The molecule has 2 fully saturated rings. The highest BCUT2D eigenvalue weighted by Gasteiger charge is 2.20. The number of hydrogen-bond acceptors (Lipinski definition) is 4. The Labute approximate surface area is 83.5 Å². The van der Waals surface area contributed by atoms with E-state index in [0.29, 0.717) is 5.25 Å². The Morgan fingerprint density at radius 2 is 2.23 bits per heavy atom. The van der Waals surface area contributed by atoms with E-state index < -0.39 is 0 Å². The lowest BCUT2D eigenvalue weighted by Crippen LogP contribution is -2.33. The standard InChI is InChI=1S/C9H16N2OS/c1-8-9(2-7-13-8)10-11-3-5-12-6-4-11/h8H,2-7H2,1H3/b10-9-. The largest absolute Gasteiger partial charge is 0.378 e. The summed E-state index contributed by atoms with van der Waals surface area (Å²) in [5.74, 6) is 1.24. The molecule has 2 aliphatic heterocycles. The van der Waals surface area contributed by atoms with Crippen LogP contribution in [0.1, 0.15) is 13.3 Å². The van der Waals surface area contributed by atoms with Crippen LogP contribution in [0.2, 0.25) is 0 Å². The van der Waals surface area contributed by atoms with Gasteiger partial charge in [0.2, 0.25) is 0 Å². The zero-order chi connectivity index (χ0) is 9.10. The minimum Gasteiger partial charge on any atom is -0.378 e. The van der Waals surface area contributed by atoms with E-state index >= 15 is 0 Å². The van der Waals surface area contributed by atoms with Crippen LogP contribution in [0.25, 0.3) is 0 Å². The summed E-state index contributed by atoms with van der Waals surface area (Å²) >= 11 is 2.01. The van der Waals surface area contributed by atoms with Gasteiger partial charge < -0.3 is 4.74 Å². The molecule has 2 rings (SSSR count). The number of hydrogen-bond donors (Lipinski definition) is 0. The van der Waals surface area contributed by atoms with E-state index in [1.54, 1.807) is 0 Å². The molecule has 0 N–H and O–H groups in total. The maximum atomic E-state index is 5.27. The first-order valence-electron chi connectivity index (χ1n) is 4.88. The summed E-state index contributed by atoms with van der Waals surface area (Å²) in [6, 6.07) is 0. The van der Waals surface area contributed by atoms with Gasteiger partial charge in [0.25, 0.3) is 0 Å². The first-order chi connectivity index (χ1) is 6.36. The molecule has 0 spiro atoms. The molecule has 0 aromatic heterocycles. The predicted molar refractivity (Wildman–Crippen MR) is 56.4 cm³/mol. The van der Waals surface area contributed by atoms with Crippen molar-refractivity contribution in [3.05, 3.63) is 0 Å². The minimum atomic E-state index is 0.628. The first-order valence-corrected chi connectivity index (χ1v) is 5.93. The molecule has 0 radical (unpaired) electrons. The molecule has 1 atom stereocenters. The molecule has 1 unspecified atom stereocenters. The van der Waals surface area contributed by atoms with Crippen molar-refractivity contribution >= 4 is 17.5 Å². The van der Waals surface area contributed by atoms with Crippen LogP contribution < -0.4 is 0 Å². The van der Waals surface area contributed by atoms with Gasteiger partial charge in [0.15, 0.2) is 0 Å². The van der Waals surface area contributed by atoms with E-state index in [1.165, 1.54) is 17.9 Å². The fraction of sp³-hybridized carbons (Fsp3) is 0.889. The molecule has 74 valence electrons. The molecule has 0 amide bonds. The number of thioether (sulfide) groups is 1. The highest BCUT2D eigenvalue weighted by atomic mass is 32.2. The van der Waals surface area contributed by atoms with Gasteiger partial charge in [0.1, 0.15) is 0 Å². The van der Waals surface area contributed by atoms with Crippen molar-refractivity contribution in [3.63, 3.8) is 0 Å². The zero-order valence-corrected chi connectivity index (χ0v) is 8.85. The Morgan fingerprint density at radius 3 is 2.85 bits per heavy atom. The van der Waals surface area contributed by atoms with Crippen LogP contribution in [0.3, 0.4) is 0 Å². The third kappa shape index (κ3) is 2.38. The number of ether oxygens (including phenoxy) is 1. The van der Waals surface area contributed by atoms with Crippen molar-refractivity contribution < 1.29 is 4.74 Å². The molecule has 0 saturated carbocycles. The Kier molecular flexibility index (Phi) is 3.11. The van der Waals surface area contributed by atoms with Gasteiger partial charge in [0, 0.05) is 5.25 Å². The molecule has 4 heteroatoms. The number of nitrogens with zero attached hydrogens (tertiary/aromatic N) is 2. The molecular formula is C9H16N2OS. The van der Waals surface area contributed by atoms with Crippen molar-refractivity contribution in [2.24, 2.45) is 5.10 Å². The minimum absolute atomic E-state index is 0.628. The van der Waals surface area contributed by atoms with Crippen LogP contribution in [0.5, 0.6) is 0 Å².